The molecule has 1 heterocycles. The first-order chi connectivity index (χ1) is 7.56. The van der Waals surface area contributed by atoms with Gasteiger partial charge in [0.1, 0.15) is 5.15 Å². The Morgan fingerprint density at radius 2 is 2.38 bits per heavy atom. The number of hydrogen-bond acceptors (Lipinski definition) is 4. The summed E-state index contributed by atoms with van der Waals surface area (Å²) in [6.45, 7) is 0.680. The van der Waals surface area contributed by atoms with E-state index in [1.807, 2.05) is 6.26 Å². The van der Waals surface area contributed by atoms with Crippen molar-refractivity contribution in [3.63, 3.8) is 0 Å². The van der Waals surface area contributed by atoms with Crippen LogP contribution in [0.2, 0.25) is 5.15 Å². The summed E-state index contributed by atoms with van der Waals surface area (Å²) in [4.78, 5) is 17.4. The first kappa shape index (κ1) is 13.1. The normalized spacial score (nSPS) is 10.2. The van der Waals surface area contributed by atoms with Gasteiger partial charge in [0.25, 0.3) is 5.91 Å². The van der Waals surface area contributed by atoms with Crippen LogP contribution in [0, 0.1) is 0 Å². The maximum Gasteiger partial charge on any atom is 0.255 e. The van der Waals surface area contributed by atoms with Crippen LogP contribution in [0.1, 0.15) is 10.4 Å². The fourth-order valence-electron chi connectivity index (χ4n) is 1.16. The molecule has 2 N–H and O–H groups in total. The third kappa shape index (κ3) is 3.28. The highest BCUT2D eigenvalue weighted by atomic mass is 35.5. The number of nitrogens with two attached hydrogens (primary N) is 1. The van der Waals surface area contributed by atoms with Gasteiger partial charge < -0.3 is 10.6 Å². The van der Waals surface area contributed by atoms with E-state index < -0.39 is 0 Å². The lowest BCUT2D eigenvalue weighted by atomic mass is 10.2. The standard InChI is InChI=1S/C10H14ClN3OS/c1-14(3-4-16-2)10(15)7-5-9(11)13-6-8(7)12/h5-6H,3-4,12H2,1-2H3. The van der Waals surface area contributed by atoms with Crippen LogP contribution in [0.5, 0.6) is 0 Å². The Labute approximate surface area is 104 Å². The van der Waals surface area contributed by atoms with Crippen molar-refractivity contribution >= 4 is 35.0 Å². The fraction of sp³-hybridized carbons (Fsp3) is 0.400. The van der Waals surface area contributed by atoms with Crippen molar-refractivity contribution in [1.29, 1.82) is 0 Å². The summed E-state index contributed by atoms with van der Waals surface area (Å²) in [7, 11) is 1.74. The minimum absolute atomic E-state index is 0.129. The molecule has 0 aliphatic rings. The van der Waals surface area contributed by atoms with E-state index in [9.17, 15) is 4.79 Å². The summed E-state index contributed by atoms with van der Waals surface area (Å²) in [5.74, 6) is 0.761. The molecule has 0 spiro atoms. The summed E-state index contributed by atoms with van der Waals surface area (Å²) in [6, 6.07) is 1.49. The molecule has 0 fully saturated rings. The van der Waals surface area contributed by atoms with Crippen LogP contribution in [0.15, 0.2) is 12.3 Å². The average Bonchev–Trinajstić information content (AvgIpc) is 2.28. The van der Waals surface area contributed by atoms with Crippen LogP contribution in [0.4, 0.5) is 5.69 Å². The monoisotopic (exact) mass is 259 g/mol. The molecule has 88 valence electrons. The Hall–Kier alpha value is -0.940. The lowest BCUT2D eigenvalue weighted by Gasteiger charge is -2.17. The van der Waals surface area contributed by atoms with Gasteiger partial charge in [0.2, 0.25) is 0 Å². The molecule has 0 aliphatic carbocycles. The molecule has 0 aromatic carbocycles. The number of carbonyl (C=O) groups is 1. The van der Waals surface area contributed by atoms with E-state index in [4.69, 9.17) is 17.3 Å². The molecule has 4 nitrogen and oxygen atoms in total. The SMILES string of the molecule is CSCCN(C)C(=O)c1cc(Cl)ncc1N. The van der Waals surface area contributed by atoms with E-state index in [1.54, 1.807) is 23.7 Å². The largest absolute Gasteiger partial charge is 0.397 e. The van der Waals surface area contributed by atoms with Crippen molar-refractivity contribution in [3.8, 4) is 0 Å². The van der Waals surface area contributed by atoms with Crippen molar-refractivity contribution in [2.75, 3.05) is 31.3 Å². The Bertz CT molecular complexity index is 386. The Morgan fingerprint density at radius 1 is 1.69 bits per heavy atom. The first-order valence-electron chi connectivity index (χ1n) is 4.71. The molecule has 0 saturated carbocycles. The average molecular weight is 260 g/mol. The maximum atomic E-state index is 12.0. The second kappa shape index (κ2) is 5.96. The number of aromatic nitrogens is 1. The number of hydrogen-bond donors (Lipinski definition) is 1. The molecule has 1 aromatic rings. The fourth-order valence-corrected chi connectivity index (χ4v) is 1.78. The molecule has 0 atom stereocenters. The summed E-state index contributed by atoms with van der Waals surface area (Å²) in [6.07, 6.45) is 3.40. The number of nitrogen functional groups attached to an aromatic ring is 1. The zero-order chi connectivity index (χ0) is 12.1. The third-order valence-corrected chi connectivity index (χ3v) is 2.91. The number of pyridine rings is 1. The maximum absolute atomic E-state index is 12.0. The highest BCUT2D eigenvalue weighted by molar-refractivity contribution is 7.98. The molecule has 1 rings (SSSR count). The molecule has 1 aromatic heterocycles. The summed E-state index contributed by atoms with van der Waals surface area (Å²) < 4.78 is 0. The van der Waals surface area contributed by atoms with E-state index in [2.05, 4.69) is 4.98 Å². The second-order valence-corrected chi connectivity index (χ2v) is 4.69. The minimum Gasteiger partial charge on any atom is -0.397 e. The Kier molecular flexibility index (Phi) is 4.89. The van der Waals surface area contributed by atoms with Gasteiger partial charge in [-0.25, -0.2) is 4.98 Å². The molecular weight excluding hydrogens is 246 g/mol. The molecule has 1 amide bonds. The molecule has 0 aliphatic heterocycles. The van der Waals surface area contributed by atoms with E-state index in [0.29, 0.717) is 17.8 Å². The van der Waals surface area contributed by atoms with E-state index in [0.717, 1.165) is 5.75 Å². The molecule has 0 unspecified atom stereocenters. The molecular formula is C10H14ClN3OS. The lowest BCUT2D eigenvalue weighted by Crippen LogP contribution is -2.29. The first-order valence-corrected chi connectivity index (χ1v) is 6.49. The van der Waals surface area contributed by atoms with E-state index in [-0.39, 0.29) is 11.1 Å². The van der Waals surface area contributed by atoms with Gasteiger partial charge in [-0.05, 0) is 12.3 Å². The van der Waals surface area contributed by atoms with Crippen molar-refractivity contribution in [2.24, 2.45) is 0 Å². The Balaban J connectivity index is 2.83. The number of amides is 1. The van der Waals surface area contributed by atoms with Crippen molar-refractivity contribution in [3.05, 3.63) is 23.0 Å². The van der Waals surface area contributed by atoms with Crippen molar-refractivity contribution in [2.45, 2.75) is 0 Å². The van der Waals surface area contributed by atoms with Crippen LogP contribution in [-0.2, 0) is 0 Å². The smallest absolute Gasteiger partial charge is 0.255 e. The lowest BCUT2D eigenvalue weighted by molar-refractivity contribution is 0.0804. The van der Waals surface area contributed by atoms with Gasteiger partial charge in [0, 0.05) is 19.3 Å². The molecule has 6 heteroatoms. The van der Waals surface area contributed by atoms with Crippen LogP contribution in [0.3, 0.4) is 0 Å². The zero-order valence-electron chi connectivity index (χ0n) is 9.24. The number of anilines is 1. The van der Waals surface area contributed by atoms with Crippen molar-refractivity contribution in [1.82, 2.24) is 9.88 Å². The molecule has 0 saturated heterocycles. The predicted molar refractivity (Wildman–Crippen MR) is 69.0 cm³/mol. The number of nitrogens with zero attached hydrogens (tertiary/aromatic N) is 2. The van der Waals surface area contributed by atoms with E-state index >= 15 is 0 Å². The number of rotatable bonds is 4. The van der Waals surface area contributed by atoms with Crippen LogP contribution < -0.4 is 5.73 Å². The van der Waals surface area contributed by atoms with Gasteiger partial charge in [0.05, 0.1) is 17.4 Å². The number of halogens is 1. The third-order valence-electron chi connectivity index (χ3n) is 2.11. The van der Waals surface area contributed by atoms with Gasteiger partial charge in [-0.3, -0.25) is 4.79 Å². The van der Waals surface area contributed by atoms with Crippen LogP contribution >= 0.6 is 23.4 Å². The van der Waals surface area contributed by atoms with Gasteiger partial charge in [-0.1, -0.05) is 11.6 Å². The predicted octanol–water partition coefficient (Wildman–Crippen LogP) is 1.75. The highest BCUT2D eigenvalue weighted by Gasteiger charge is 2.15. The molecule has 16 heavy (non-hydrogen) atoms. The summed E-state index contributed by atoms with van der Waals surface area (Å²) in [5.41, 5.74) is 6.44. The van der Waals surface area contributed by atoms with Gasteiger partial charge >= 0.3 is 0 Å². The summed E-state index contributed by atoms with van der Waals surface area (Å²) in [5, 5.41) is 0.274. The Morgan fingerprint density at radius 3 is 3.00 bits per heavy atom. The van der Waals surface area contributed by atoms with Gasteiger partial charge in [-0.2, -0.15) is 11.8 Å². The molecule has 0 bridgehead atoms. The second-order valence-electron chi connectivity index (χ2n) is 3.31. The highest BCUT2D eigenvalue weighted by Crippen LogP contribution is 2.16. The van der Waals surface area contributed by atoms with E-state index in [1.165, 1.54) is 12.3 Å². The van der Waals surface area contributed by atoms with Crippen LogP contribution in [0.25, 0.3) is 0 Å². The zero-order valence-corrected chi connectivity index (χ0v) is 10.8. The van der Waals surface area contributed by atoms with Gasteiger partial charge in [0.15, 0.2) is 0 Å². The van der Waals surface area contributed by atoms with Crippen LogP contribution in [-0.4, -0.2) is 41.4 Å². The minimum atomic E-state index is -0.129. The number of carbonyl (C=O) groups excluding carboxylic acids is 1. The van der Waals surface area contributed by atoms with Gasteiger partial charge in [-0.15, -0.1) is 0 Å². The molecule has 0 radical (unpaired) electrons. The topological polar surface area (TPSA) is 59.2 Å². The summed E-state index contributed by atoms with van der Waals surface area (Å²) >= 11 is 7.41. The quantitative estimate of drug-likeness (QED) is 0.837. The number of thioether (sulfide) groups is 1. The van der Waals surface area contributed by atoms with Crippen molar-refractivity contribution < 1.29 is 4.79 Å².